The lowest BCUT2D eigenvalue weighted by Gasteiger charge is -2.31. The molecule has 8 rings (SSSR count). The largest absolute Gasteiger partial charge is 0.453 e. The summed E-state index contributed by atoms with van der Waals surface area (Å²) in [6.45, 7) is 8.71. The Morgan fingerprint density at radius 1 is 0.759 bits per heavy atom. The molecule has 1 aliphatic heterocycles. The number of carbonyl (C=O) groups excluding carboxylic acids is 3. The van der Waals surface area contributed by atoms with Crippen molar-refractivity contribution in [1.29, 1.82) is 0 Å². The molecule has 2 saturated carbocycles. The van der Waals surface area contributed by atoms with Gasteiger partial charge in [-0.3, -0.25) is 14.6 Å². The van der Waals surface area contributed by atoms with E-state index in [4.69, 9.17) is 14.7 Å². The Hall–Kier alpha value is -5.78. The highest BCUT2D eigenvalue weighted by molar-refractivity contribution is 5.86. The maximum Gasteiger partial charge on any atom is 0.407 e. The van der Waals surface area contributed by atoms with Crippen LogP contribution in [0.3, 0.4) is 0 Å². The molecular formula is C46H54N8O4. The maximum atomic E-state index is 14.0. The van der Waals surface area contributed by atoms with E-state index >= 15 is 0 Å². The second-order valence-corrected chi connectivity index (χ2v) is 17.0. The van der Waals surface area contributed by atoms with E-state index in [0.717, 1.165) is 83.0 Å². The molecule has 302 valence electrons. The summed E-state index contributed by atoms with van der Waals surface area (Å²) >= 11 is 0. The number of aromatic amines is 2. The molecule has 0 spiro atoms. The van der Waals surface area contributed by atoms with Gasteiger partial charge in [-0.1, -0.05) is 82.3 Å². The summed E-state index contributed by atoms with van der Waals surface area (Å²) in [4.78, 5) is 62.4. The molecule has 3 amide bonds. The van der Waals surface area contributed by atoms with Gasteiger partial charge in [-0.25, -0.2) is 14.8 Å². The summed E-state index contributed by atoms with van der Waals surface area (Å²) in [5, 5.41) is 6.12. The van der Waals surface area contributed by atoms with Gasteiger partial charge in [-0.05, 0) is 89.7 Å². The fourth-order valence-corrected chi connectivity index (χ4v) is 9.69. The predicted octanol–water partition coefficient (Wildman–Crippen LogP) is 8.22. The smallest absolute Gasteiger partial charge is 0.407 e. The Morgan fingerprint density at radius 2 is 1.38 bits per heavy atom. The van der Waals surface area contributed by atoms with Gasteiger partial charge in [0.25, 0.3) is 0 Å². The third-order valence-electron chi connectivity index (χ3n) is 12.7. The number of nitrogens with zero attached hydrogens (tertiary/aromatic N) is 4. The van der Waals surface area contributed by atoms with Gasteiger partial charge in [0.1, 0.15) is 17.7 Å². The van der Waals surface area contributed by atoms with Crippen molar-refractivity contribution < 1.29 is 19.1 Å². The number of imidazole rings is 2. The highest BCUT2D eigenvalue weighted by Crippen LogP contribution is 2.56. The van der Waals surface area contributed by atoms with E-state index in [1.54, 1.807) is 6.20 Å². The zero-order chi connectivity index (χ0) is 40.5. The van der Waals surface area contributed by atoms with E-state index in [1.807, 2.05) is 49.5 Å². The third-order valence-corrected chi connectivity index (χ3v) is 12.7. The SMILES string of the molecule is COC(=O)N[C@H](C(=O)N1CCC[C@H]1c1ncc(-c2ccc(-c3ccc(-c4cnc([C@@H]5C6CCC(C6)C5C(=O)NC(c5cccnc5)C(C)C)[nH]4)cc3)cc2)[nH]1)C(C)C. The number of rotatable bonds is 12. The van der Waals surface area contributed by atoms with Gasteiger partial charge in [-0.2, -0.15) is 0 Å². The van der Waals surface area contributed by atoms with E-state index in [0.29, 0.717) is 18.4 Å². The van der Waals surface area contributed by atoms with Crippen LogP contribution in [0.15, 0.2) is 85.5 Å². The number of carbonyl (C=O) groups is 3. The van der Waals surface area contributed by atoms with Gasteiger partial charge < -0.3 is 30.2 Å². The molecule has 7 atom stereocenters. The van der Waals surface area contributed by atoms with Crippen molar-refractivity contribution in [3.05, 3.63) is 103 Å². The van der Waals surface area contributed by atoms with Gasteiger partial charge in [0.2, 0.25) is 11.8 Å². The van der Waals surface area contributed by atoms with Crippen LogP contribution < -0.4 is 10.6 Å². The molecule has 5 aromatic rings. The van der Waals surface area contributed by atoms with Gasteiger partial charge in [0.15, 0.2) is 0 Å². The predicted molar refractivity (Wildman–Crippen MR) is 222 cm³/mol. The molecular weight excluding hydrogens is 729 g/mol. The van der Waals surface area contributed by atoms with Crippen LogP contribution in [-0.4, -0.2) is 67.4 Å². The lowest BCUT2D eigenvalue weighted by Crippen LogP contribution is -2.51. The number of methoxy groups -OCH3 is 1. The average Bonchev–Trinajstić information content (AvgIpc) is 4.10. The monoisotopic (exact) mass is 782 g/mol. The first-order chi connectivity index (χ1) is 28.1. The first-order valence-corrected chi connectivity index (χ1v) is 20.8. The third kappa shape index (κ3) is 7.76. The highest BCUT2D eigenvalue weighted by atomic mass is 16.5. The van der Waals surface area contributed by atoms with Gasteiger partial charge in [0.05, 0.1) is 48.9 Å². The number of ether oxygens (including phenoxy) is 1. The molecule has 0 radical (unpaired) electrons. The van der Waals surface area contributed by atoms with Crippen LogP contribution in [-0.2, 0) is 14.3 Å². The molecule has 12 heteroatoms. The van der Waals surface area contributed by atoms with Crippen molar-refractivity contribution in [1.82, 2.24) is 40.5 Å². The van der Waals surface area contributed by atoms with Crippen molar-refractivity contribution in [2.75, 3.05) is 13.7 Å². The molecule has 3 aliphatic rings. The number of benzene rings is 2. The average molecular weight is 783 g/mol. The minimum Gasteiger partial charge on any atom is -0.453 e. The van der Waals surface area contributed by atoms with E-state index in [9.17, 15) is 14.4 Å². The van der Waals surface area contributed by atoms with Gasteiger partial charge in [0, 0.05) is 24.9 Å². The number of amides is 3. The Morgan fingerprint density at radius 3 is 1.98 bits per heavy atom. The van der Waals surface area contributed by atoms with Crippen LogP contribution in [0.25, 0.3) is 33.6 Å². The van der Waals surface area contributed by atoms with Crippen molar-refractivity contribution in [3.8, 4) is 33.6 Å². The molecule has 1 saturated heterocycles. The molecule has 4 N–H and O–H groups in total. The standard InChI is InChI=1S/C46H54N8O4/c1-26(2)40(34-8-6-20-47-23-34)52-44(55)39-33-19-18-32(22-33)38(39)43-49-25-36(51-43)31-16-12-29(13-17-31)28-10-14-30(15-11-28)35-24-48-42(50-35)37-9-7-21-54(37)45(56)41(27(3)4)53-46(57)58-5/h6,8,10-17,20,23-27,32-33,37-41H,7,9,18-19,21-22H2,1-5H3,(H,48,50)(H,49,51)(H,52,55)(H,53,57)/t32?,33?,37-,38+,39?,40?,41-/m0/s1. The Kier molecular flexibility index (Phi) is 11.2. The fraction of sp³-hybridized carbons (Fsp3) is 0.435. The minimum absolute atomic E-state index is 0.0742. The van der Waals surface area contributed by atoms with Crippen LogP contribution in [0, 0.1) is 29.6 Å². The van der Waals surface area contributed by atoms with Crippen LogP contribution in [0.5, 0.6) is 0 Å². The van der Waals surface area contributed by atoms with Crippen LogP contribution >= 0.6 is 0 Å². The number of nitrogens with one attached hydrogen (secondary N) is 4. The summed E-state index contributed by atoms with van der Waals surface area (Å²) < 4.78 is 4.77. The fourth-order valence-electron chi connectivity index (χ4n) is 9.69. The number of fused-ring (bicyclic) bond motifs is 2. The van der Waals surface area contributed by atoms with Crippen LogP contribution in [0.1, 0.15) is 95.0 Å². The zero-order valence-corrected chi connectivity index (χ0v) is 33.9. The first kappa shape index (κ1) is 39.1. The number of H-pyrrole nitrogens is 2. The summed E-state index contributed by atoms with van der Waals surface area (Å²) in [6.07, 6.45) is 11.7. The summed E-state index contributed by atoms with van der Waals surface area (Å²) in [7, 11) is 1.30. The maximum absolute atomic E-state index is 14.0. The lowest BCUT2D eigenvalue weighted by molar-refractivity contribution is -0.135. The highest BCUT2D eigenvalue weighted by Gasteiger charge is 2.52. The van der Waals surface area contributed by atoms with Crippen LogP contribution in [0.2, 0.25) is 0 Å². The van der Waals surface area contributed by atoms with Gasteiger partial charge in [-0.15, -0.1) is 0 Å². The summed E-state index contributed by atoms with van der Waals surface area (Å²) in [5.41, 5.74) is 7.09. The number of pyridine rings is 1. The molecule has 12 nitrogen and oxygen atoms in total. The van der Waals surface area contributed by atoms with Crippen molar-refractivity contribution >= 4 is 17.9 Å². The Balaban J connectivity index is 0.928. The van der Waals surface area contributed by atoms with E-state index in [-0.39, 0.29) is 47.6 Å². The van der Waals surface area contributed by atoms with Crippen molar-refractivity contribution in [2.24, 2.45) is 29.6 Å². The molecule has 2 aliphatic carbocycles. The quantitative estimate of drug-likeness (QED) is 0.0993. The molecule has 3 aromatic heterocycles. The Bertz CT molecular complexity index is 2210. The second kappa shape index (κ2) is 16.6. The second-order valence-electron chi connectivity index (χ2n) is 17.0. The first-order valence-electron chi connectivity index (χ1n) is 20.8. The summed E-state index contributed by atoms with van der Waals surface area (Å²) in [6, 6.07) is 19.9. The van der Waals surface area contributed by atoms with Crippen LogP contribution in [0.4, 0.5) is 4.79 Å². The number of alkyl carbamates (subject to hydrolysis) is 1. The molecule has 3 fully saturated rings. The van der Waals surface area contributed by atoms with E-state index < -0.39 is 12.1 Å². The summed E-state index contributed by atoms with van der Waals surface area (Å²) in [5.74, 6) is 2.59. The number of hydrogen-bond donors (Lipinski definition) is 4. The van der Waals surface area contributed by atoms with Crippen molar-refractivity contribution in [3.63, 3.8) is 0 Å². The Labute approximate surface area is 340 Å². The van der Waals surface area contributed by atoms with Gasteiger partial charge >= 0.3 is 6.09 Å². The molecule has 4 heterocycles. The topological polar surface area (TPSA) is 158 Å². The molecule has 2 bridgehead atoms. The van der Waals surface area contributed by atoms with Crippen molar-refractivity contribution in [2.45, 2.75) is 83.8 Å². The normalized spacial score (nSPS) is 22.3. The van der Waals surface area contributed by atoms with E-state index in [1.165, 1.54) is 7.11 Å². The molecule has 4 unspecified atom stereocenters. The lowest BCUT2D eigenvalue weighted by atomic mass is 9.78. The number of hydrogen-bond acceptors (Lipinski definition) is 7. The van der Waals surface area contributed by atoms with E-state index in [2.05, 4.69) is 88.0 Å². The number of aromatic nitrogens is 5. The zero-order valence-electron chi connectivity index (χ0n) is 33.9. The molecule has 58 heavy (non-hydrogen) atoms. The number of likely N-dealkylation sites (tertiary alicyclic amines) is 1. The minimum atomic E-state index is -0.678. The molecule has 2 aromatic carbocycles.